The summed E-state index contributed by atoms with van der Waals surface area (Å²) in [7, 11) is 0. The molecule has 1 fully saturated rings. The van der Waals surface area contributed by atoms with Crippen molar-refractivity contribution >= 4 is 40.2 Å². The van der Waals surface area contributed by atoms with Crippen molar-refractivity contribution in [2.24, 2.45) is 0 Å². The molecule has 0 bridgehead atoms. The summed E-state index contributed by atoms with van der Waals surface area (Å²) in [5.41, 5.74) is 4.95. The number of carbonyl (C=O) groups excluding carboxylic acids is 2. The SMILES string of the molecule is Cc1cc(OCC(=O)NN2C(=O)CSC2c2ccc([N+](=O)[O-])cc2)nc2ccccc12. The number of nitrogens with zero attached hydrogens (tertiary/aromatic N) is 3. The van der Waals surface area contributed by atoms with Crippen LogP contribution in [0.25, 0.3) is 10.9 Å². The van der Waals surface area contributed by atoms with Gasteiger partial charge < -0.3 is 4.74 Å². The van der Waals surface area contributed by atoms with Gasteiger partial charge in [-0.15, -0.1) is 11.8 Å². The number of carbonyl (C=O) groups is 2. The minimum Gasteiger partial charge on any atom is -0.467 e. The number of benzene rings is 2. The summed E-state index contributed by atoms with van der Waals surface area (Å²) < 4.78 is 5.54. The molecule has 4 rings (SSSR count). The number of non-ortho nitro benzene ring substituents is 1. The van der Waals surface area contributed by atoms with Crippen molar-refractivity contribution in [2.45, 2.75) is 12.3 Å². The molecule has 2 aromatic carbocycles. The van der Waals surface area contributed by atoms with E-state index in [0.29, 0.717) is 11.4 Å². The fourth-order valence-corrected chi connectivity index (χ4v) is 4.36. The van der Waals surface area contributed by atoms with Gasteiger partial charge in [0.2, 0.25) is 5.88 Å². The van der Waals surface area contributed by atoms with Crippen molar-refractivity contribution in [1.82, 2.24) is 15.4 Å². The summed E-state index contributed by atoms with van der Waals surface area (Å²) >= 11 is 1.32. The molecule has 0 aliphatic carbocycles. The number of hydrazine groups is 1. The summed E-state index contributed by atoms with van der Waals surface area (Å²) in [5, 5.41) is 12.6. The van der Waals surface area contributed by atoms with Crippen LogP contribution in [0.15, 0.2) is 54.6 Å². The summed E-state index contributed by atoms with van der Waals surface area (Å²) in [6.07, 6.45) is 0. The monoisotopic (exact) mass is 438 g/mol. The van der Waals surface area contributed by atoms with Crippen LogP contribution in [-0.2, 0) is 9.59 Å². The Hall–Kier alpha value is -3.66. The third-order valence-corrected chi connectivity index (χ3v) is 5.97. The molecule has 1 aliphatic heterocycles. The number of rotatable bonds is 6. The molecule has 2 heterocycles. The molecule has 3 aromatic rings. The summed E-state index contributed by atoms with van der Waals surface area (Å²) in [4.78, 5) is 39.4. The lowest BCUT2D eigenvalue weighted by Crippen LogP contribution is -2.46. The van der Waals surface area contributed by atoms with Crippen LogP contribution >= 0.6 is 11.8 Å². The van der Waals surface area contributed by atoms with Crippen LogP contribution < -0.4 is 10.2 Å². The van der Waals surface area contributed by atoms with Crippen molar-refractivity contribution in [3.63, 3.8) is 0 Å². The van der Waals surface area contributed by atoms with Crippen LogP contribution in [0.2, 0.25) is 0 Å². The van der Waals surface area contributed by atoms with Crippen LogP contribution in [0, 0.1) is 17.0 Å². The third-order valence-electron chi connectivity index (χ3n) is 4.75. The number of para-hydroxylation sites is 1. The Labute approximate surface area is 181 Å². The normalized spacial score (nSPS) is 15.8. The van der Waals surface area contributed by atoms with Crippen molar-refractivity contribution in [1.29, 1.82) is 0 Å². The Kier molecular flexibility index (Phi) is 5.72. The highest BCUT2D eigenvalue weighted by Crippen LogP contribution is 2.37. The Balaban J connectivity index is 1.42. The Morgan fingerprint density at radius 1 is 1.29 bits per heavy atom. The molecule has 0 saturated carbocycles. The molecule has 9 nitrogen and oxygen atoms in total. The molecule has 1 N–H and O–H groups in total. The van der Waals surface area contributed by atoms with E-state index in [0.717, 1.165) is 16.5 Å². The average molecular weight is 438 g/mol. The first-order valence-electron chi connectivity index (χ1n) is 9.39. The highest BCUT2D eigenvalue weighted by molar-refractivity contribution is 8.00. The van der Waals surface area contributed by atoms with Crippen LogP contribution in [0.4, 0.5) is 5.69 Å². The van der Waals surface area contributed by atoms with Gasteiger partial charge in [0.25, 0.3) is 17.5 Å². The van der Waals surface area contributed by atoms with E-state index < -0.39 is 16.2 Å². The fourth-order valence-electron chi connectivity index (χ4n) is 3.25. The van der Waals surface area contributed by atoms with Crippen LogP contribution in [0.1, 0.15) is 16.5 Å². The van der Waals surface area contributed by atoms with E-state index in [2.05, 4.69) is 10.4 Å². The smallest absolute Gasteiger partial charge is 0.276 e. The van der Waals surface area contributed by atoms with Gasteiger partial charge >= 0.3 is 0 Å². The summed E-state index contributed by atoms with van der Waals surface area (Å²) in [5.74, 6) is -0.258. The van der Waals surface area contributed by atoms with E-state index in [4.69, 9.17) is 4.74 Å². The quantitative estimate of drug-likeness (QED) is 0.464. The maximum atomic E-state index is 12.4. The van der Waals surface area contributed by atoms with Gasteiger partial charge in [-0.2, -0.15) is 0 Å². The zero-order chi connectivity index (χ0) is 22.0. The molecule has 2 amide bonds. The predicted molar refractivity (Wildman–Crippen MR) is 115 cm³/mol. The molecule has 1 aromatic heterocycles. The van der Waals surface area contributed by atoms with Gasteiger partial charge in [0, 0.05) is 23.6 Å². The number of nitrogens with one attached hydrogen (secondary N) is 1. The summed E-state index contributed by atoms with van der Waals surface area (Å²) in [6, 6.07) is 15.3. The van der Waals surface area contributed by atoms with Gasteiger partial charge in [0.1, 0.15) is 5.37 Å². The highest BCUT2D eigenvalue weighted by Gasteiger charge is 2.34. The van der Waals surface area contributed by atoms with Gasteiger partial charge in [0.05, 0.1) is 16.2 Å². The van der Waals surface area contributed by atoms with Crippen molar-refractivity contribution in [3.05, 3.63) is 75.8 Å². The first-order chi connectivity index (χ1) is 14.9. The zero-order valence-electron chi connectivity index (χ0n) is 16.5. The predicted octanol–water partition coefficient (Wildman–Crippen LogP) is 3.14. The average Bonchev–Trinajstić information content (AvgIpc) is 3.12. The third kappa shape index (κ3) is 4.43. The second kappa shape index (κ2) is 8.60. The van der Waals surface area contributed by atoms with Gasteiger partial charge in [-0.3, -0.25) is 25.1 Å². The van der Waals surface area contributed by atoms with Crippen LogP contribution in [0.3, 0.4) is 0 Å². The topological polar surface area (TPSA) is 115 Å². The molecular weight excluding hydrogens is 420 g/mol. The molecule has 10 heteroatoms. The van der Waals surface area contributed by atoms with E-state index in [1.807, 2.05) is 31.2 Å². The van der Waals surface area contributed by atoms with Gasteiger partial charge in [-0.1, -0.05) is 18.2 Å². The molecule has 158 valence electrons. The number of amides is 2. The molecular formula is C21H18N4O5S. The number of ether oxygens (including phenoxy) is 1. The number of aromatic nitrogens is 1. The minimum atomic E-state index is -0.504. The first-order valence-corrected chi connectivity index (χ1v) is 10.4. The van der Waals surface area contributed by atoms with E-state index in [1.165, 1.54) is 28.9 Å². The van der Waals surface area contributed by atoms with Gasteiger partial charge in [-0.25, -0.2) is 9.99 Å². The van der Waals surface area contributed by atoms with Gasteiger partial charge in [0.15, 0.2) is 6.61 Å². The van der Waals surface area contributed by atoms with E-state index in [1.54, 1.807) is 18.2 Å². The second-order valence-electron chi connectivity index (χ2n) is 6.89. The molecule has 0 spiro atoms. The number of fused-ring (bicyclic) bond motifs is 1. The molecule has 31 heavy (non-hydrogen) atoms. The molecule has 1 atom stereocenters. The number of hydrogen-bond donors (Lipinski definition) is 1. The Bertz CT molecular complexity index is 1170. The van der Waals surface area contributed by atoms with Crippen molar-refractivity contribution < 1.29 is 19.2 Å². The lowest BCUT2D eigenvalue weighted by molar-refractivity contribution is -0.384. The van der Waals surface area contributed by atoms with Crippen molar-refractivity contribution in [3.8, 4) is 5.88 Å². The highest BCUT2D eigenvalue weighted by atomic mass is 32.2. The number of nitro benzene ring substituents is 1. The molecule has 1 saturated heterocycles. The largest absolute Gasteiger partial charge is 0.467 e. The number of hydrogen-bond acceptors (Lipinski definition) is 7. The van der Waals surface area contributed by atoms with Crippen molar-refractivity contribution in [2.75, 3.05) is 12.4 Å². The summed E-state index contributed by atoms with van der Waals surface area (Å²) in [6.45, 7) is 1.62. The van der Waals surface area contributed by atoms with Gasteiger partial charge in [-0.05, 0) is 36.2 Å². The van der Waals surface area contributed by atoms with E-state index >= 15 is 0 Å². The first kappa shape index (κ1) is 20.6. The molecule has 1 aliphatic rings. The second-order valence-corrected chi connectivity index (χ2v) is 7.96. The zero-order valence-corrected chi connectivity index (χ0v) is 17.3. The minimum absolute atomic E-state index is 0.0414. The standard InChI is InChI=1S/C21H18N4O5S/c1-13-10-19(22-17-5-3-2-4-16(13)17)30-11-18(26)23-24-20(27)12-31-21(24)14-6-8-15(9-7-14)25(28)29/h2-10,21H,11-12H2,1H3,(H,23,26). The molecule has 1 unspecified atom stereocenters. The van der Waals surface area contributed by atoms with Crippen LogP contribution in [0.5, 0.6) is 5.88 Å². The fraction of sp³-hybridized carbons (Fsp3) is 0.190. The lowest BCUT2D eigenvalue weighted by atomic mass is 10.1. The number of aryl methyl sites for hydroxylation is 1. The number of thioether (sulfide) groups is 1. The van der Waals surface area contributed by atoms with E-state index in [9.17, 15) is 19.7 Å². The van der Waals surface area contributed by atoms with Crippen LogP contribution in [-0.4, -0.2) is 39.1 Å². The maximum absolute atomic E-state index is 12.4. The maximum Gasteiger partial charge on any atom is 0.276 e. The Morgan fingerprint density at radius 2 is 2.03 bits per heavy atom. The number of pyridine rings is 1. The lowest BCUT2D eigenvalue weighted by Gasteiger charge is -2.24. The molecule has 0 radical (unpaired) electrons. The Morgan fingerprint density at radius 3 is 2.77 bits per heavy atom. The number of nitro groups is 1. The van der Waals surface area contributed by atoms with E-state index in [-0.39, 0.29) is 24.0 Å².